The Morgan fingerprint density at radius 2 is 2.28 bits per heavy atom. The molecular weight excluding hydrogens is 228 g/mol. The number of nitrogens with zero attached hydrogens (tertiary/aromatic N) is 3. The highest BCUT2D eigenvalue weighted by Crippen LogP contribution is 2.40. The van der Waals surface area contributed by atoms with Gasteiger partial charge >= 0.3 is 0 Å². The van der Waals surface area contributed by atoms with Crippen molar-refractivity contribution in [2.24, 2.45) is 0 Å². The van der Waals surface area contributed by atoms with Crippen molar-refractivity contribution in [3.05, 3.63) is 17.2 Å². The number of aromatic nitrogens is 2. The lowest BCUT2D eigenvalue weighted by molar-refractivity contribution is -0.129. The summed E-state index contributed by atoms with van der Waals surface area (Å²) in [6.45, 7) is 2.28. The fraction of sp³-hybridized carbons (Fsp3) is 0.692. The van der Waals surface area contributed by atoms with Gasteiger partial charge < -0.3 is 14.8 Å². The molecule has 0 unspecified atom stereocenters. The van der Waals surface area contributed by atoms with Gasteiger partial charge in [0.05, 0.1) is 5.69 Å². The Balaban J connectivity index is 1.94. The molecule has 0 spiro atoms. The maximum absolute atomic E-state index is 12.0. The van der Waals surface area contributed by atoms with Crippen molar-refractivity contribution in [3.8, 4) is 0 Å². The first-order valence-electron chi connectivity index (χ1n) is 6.66. The quantitative estimate of drug-likeness (QED) is 0.847. The van der Waals surface area contributed by atoms with Gasteiger partial charge in [0.1, 0.15) is 12.4 Å². The number of fused-ring (bicyclic) bond motifs is 1. The van der Waals surface area contributed by atoms with Gasteiger partial charge in [0.25, 0.3) is 0 Å². The lowest BCUT2D eigenvalue weighted by Crippen LogP contribution is -2.30. The Morgan fingerprint density at radius 3 is 2.94 bits per heavy atom. The summed E-state index contributed by atoms with van der Waals surface area (Å²) in [6, 6.07) is 0. The van der Waals surface area contributed by atoms with Crippen LogP contribution in [0.2, 0.25) is 0 Å². The highest BCUT2D eigenvalue weighted by molar-refractivity contribution is 5.75. The van der Waals surface area contributed by atoms with E-state index in [0.29, 0.717) is 12.5 Å². The van der Waals surface area contributed by atoms with Crippen molar-refractivity contribution in [1.29, 1.82) is 0 Å². The summed E-state index contributed by atoms with van der Waals surface area (Å²) in [5.41, 5.74) is 2.42. The van der Waals surface area contributed by atoms with E-state index in [2.05, 4.69) is 9.88 Å². The van der Waals surface area contributed by atoms with Crippen LogP contribution in [0.25, 0.3) is 0 Å². The average molecular weight is 248 g/mol. The van der Waals surface area contributed by atoms with Gasteiger partial charge in [0.2, 0.25) is 5.91 Å². The summed E-state index contributed by atoms with van der Waals surface area (Å²) < 4.78 is 2.18. The van der Waals surface area contributed by atoms with Crippen LogP contribution in [0.5, 0.6) is 0 Å². The van der Waals surface area contributed by atoms with Crippen LogP contribution in [0.15, 0.2) is 0 Å². The molecule has 3 rings (SSSR count). The minimum atomic E-state index is 0.149. The van der Waals surface area contributed by atoms with Crippen LogP contribution in [-0.2, 0) is 24.3 Å². The molecule has 1 saturated carbocycles. The van der Waals surface area contributed by atoms with Crippen molar-refractivity contribution in [1.82, 2.24) is 19.8 Å². The Bertz CT molecular complexity index is 474. The first kappa shape index (κ1) is 11.7. The van der Waals surface area contributed by atoms with Gasteiger partial charge in [-0.1, -0.05) is 0 Å². The number of nitrogens with one attached hydrogen (secondary N) is 1. The largest absolute Gasteiger partial charge is 0.347 e. The van der Waals surface area contributed by atoms with Crippen molar-refractivity contribution < 1.29 is 4.79 Å². The number of imidazole rings is 1. The molecule has 18 heavy (non-hydrogen) atoms. The molecule has 1 aromatic heterocycles. The highest BCUT2D eigenvalue weighted by Gasteiger charge is 2.32. The van der Waals surface area contributed by atoms with E-state index in [1.807, 2.05) is 14.1 Å². The van der Waals surface area contributed by atoms with Crippen LogP contribution in [0, 0.1) is 0 Å². The molecule has 1 fully saturated rings. The Morgan fingerprint density at radius 1 is 1.50 bits per heavy atom. The Hall–Kier alpha value is -1.36. The van der Waals surface area contributed by atoms with Crippen LogP contribution in [0.4, 0.5) is 0 Å². The molecule has 1 N–H and O–H groups in total. The second-order valence-electron chi connectivity index (χ2n) is 5.44. The topological polar surface area (TPSA) is 50.2 Å². The van der Waals surface area contributed by atoms with Crippen molar-refractivity contribution in [2.45, 2.75) is 38.3 Å². The van der Waals surface area contributed by atoms with Crippen LogP contribution in [0.3, 0.4) is 0 Å². The molecule has 1 aromatic rings. The van der Waals surface area contributed by atoms with E-state index in [1.165, 1.54) is 18.5 Å². The van der Waals surface area contributed by atoms with Gasteiger partial charge in [0.15, 0.2) is 0 Å². The maximum atomic E-state index is 12.0. The van der Waals surface area contributed by atoms with Gasteiger partial charge in [-0.3, -0.25) is 4.79 Å². The summed E-state index contributed by atoms with van der Waals surface area (Å²) in [4.78, 5) is 18.4. The number of amides is 1. The Labute approximate surface area is 107 Å². The normalized spacial score (nSPS) is 18.6. The van der Waals surface area contributed by atoms with E-state index < -0.39 is 0 Å². The van der Waals surface area contributed by atoms with Crippen LogP contribution in [-0.4, -0.2) is 41.0 Å². The molecule has 1 aliphatic carbocycles. The molecule has 1 aliphatic heterocycles. The van der Waals surface area contributed by atoms with Gasteiger partial charge in [-0.15, -0.1) is 0 Å². The van der Waals surface area contributed by atoms with E-state index in [0.717, 1.165) is 31.0 Å². The van der Waals surface area contributed by atoms with Crippen LogP contribution in [0.1, 0.15) is 36.0 Å². The standard InChI is InChI=1S/C13H20N4O/c1-16(2)12(18)8-17-11-5-6-14-7-10(11)15-13(17)9-3-4-9/h9,14H,3-8H2,1-2H3. The molecule has 2 heterocycles. The first-order valence-corrected chi connectivity index (χ1v) is 6.66. The SMILES string of the molecule is CN(C)C(=O)Cn1c(C2CC2)nc2c1CCNC2. The van der Waals surface area contributed by atoms with Crippen molar-refractivity contribution in [2.75, 3.05) is 20.6 Å². The lowest BCUT2D eigenvalue weighted by atomic mass is 10.2. The van der Waals surface area contributed by atoms with E-state index in [-0.39, 0.29) is 5.91 Å². The third-order valence-electron chi connectivity index (χ3n) is 3.75. The fourth-order valence-corrected chi connectivity index (χ4v) is 2.50. The van der Waals surface area contributed by atoms with Gasteiger partial charge in [-0.25, -0.2) is 4.98 Å². The average Bonchev–Trinajstić information content (AvgIpc) is 3.13. The van der Waals surface area contributed by atoms with E-state index in [9.17, 15) is 4.79 Å². The second-order valence-corrected chi connectivity index (χ2v) is 5.44. The molecule has 98 valence electrons. The summed E-state index contributed by atoms with van der Waals surface area (Å²) in [6.07, 6.45) is 3.43. The smallest absolute Gasteiger partial charge is 0.242 e. The molecule has 2 aliphatic rings. The third kappa shape index (κ3) is 2.03. The van der Waals surface area contributed by atoms with Crippen LogP contribution >= 0.6 is 0 Å². The first-order chi connectivity index (χ1) is 8.66. The molecule has 0 saturated heterocycles. The van der Waals surface area contributed by atoms with Crippen molar-refractivity contribution in [3.63, 3.8) is 0 Å². The van der Waals surface area contributed by atoms with Gasteiger partial charge in [0, 0.05) is 45.2 Å². The van der Waals surface area contributed by atoms with Crippen LogP contribution < -0.4 is 5.32 Å². The second kappa shape index (κ2) is 4.39. The Kier molecular flexibility index (Phi) is 2.86. The predicted molar refractivity (Wildman–Crippen MR) is 68.3 cm³/mol. The monoisotopic (exact) mass is 248 g/mol. The summed E-state index contributed by atoms with van der Waals surface area (Å²) in [5.74, 6) is 1.88. The number of hydrogen-bond donors (Lipinski definition) is 1. The summed E-state index contributed by atoms with van der Waals surface area (Å²) >= 11 is 0. The van der Waals surface area contributed by atoms with Crippen molar-refractivity contribution >= 4 is 5.91 Å². The zero-order valence-electron chi connectivity index (χ0n) is 11.1. The predicted octanol–water partition coefficient (Wildman–Crippen LogP) is 0.494. The van der Waals surface area contributed by atoms with Gasteiger partial charge in [-0.05, 0) is 12.8 Å². The third-order valence-corrected chi connectivity index (χ3v) is 3.75. The molecular formula is C13H20N4O. The maximum Gasteiger partial charge on any atom is 0.242 e. The minimum absolute atomic E-state index is 0.149. The molecule has 5 heteroatoms. The molecule has 0 radical (unpaired) electrons. The zero-order chi connectivity index (χ0) is 12.7. The summed E-state index contributed by atoms with van der Waals surface area (Å²) in [5, 5.41) is 3.35. The minimum Gasteiger partial charge on any atom is -0.347 e. The molecule has 0 bridgehead atoms. The molecule has 0 atom stereocenters. The lowest BCUT2D eigenvalue weighted by Gasteiger charge is -2.17. The number of likely N-dealkylation sites (N-methyl/N-ethyl adjacent to an activating group) is 1. The highest BCUT2D eigenvalue weighted by atomic mass is 16.2. The van der Waals surface area contributed by atoms with E-state index in [1.54, 1.807) is 4.90 Å². The number of hydrogen-bond acceptors (Lipinski definition) is 3. The summed E-state index contributed by atoms with van der Waals surface area (Å²) in [7, 11) is 3.62. The van der Waals surface area contributed by atoms with Gasteiger partial charge in [-0.2, -0.15) is 0 Å². The zero-order valence-corrected chi connectivity index (χ0v) is 11.1. The molecule has 1 amide bonds. The number of carbonyl (C=O) groups excluding carboxylic acids is 1. The van der Waals surface area contributed by atoms with E-state index in [4.69, 9.17) is 4.98 Å². The molecule has 5 nitrogen and oxygen atoms in total. The van der Waals surface area contributed by atoms with E-state index >= 15 is 0 Å². The molecule has 0 aromatic carbocycles. The number of carbonyl (C=O) groups is 1. The number of rotatable bonds is 3. The fourth-order valence-electron chi connectivity index (χ4n) is 2.50.